The van der Waals surface area contributed by atoms with Crippen molar-refractivity contribution in [2.75, 3.05) is 4.90 Å². The summed E-state index contributed by atoms with van der Waals surface area (Å²) in [6.07, 6.45) is 0.725. The molecule has 1 heterocycles. The van der Waals surface area contributed by atoms with Crippen molar-refractivity contribution in [3.8, 4) is 0 Å². The molecule has 1 saturated carbocycles. The van der Waals surface area contributed by atoms with Crippen LogP contribution >= 0.6 is 27.5 Å². The summed E-state index contributed by atoms with van der Waals surface area (Å²) >= 11 is 9.14. The Hall–Kier alpha value is -0.870. The van der Waals surface area contributed by atoms with E-state index in [2.05, 4.69) is 15.9 Å². The quantitative estimate of drug-likeness (QED) is 0.748. The zero-order valence-electron chi connectivity index (χ0n) is 8.11. The molecule has 5 heteroatoms. The molecule has 2 unspecified atom stereocenters. The Morgan fingerprint density at radius 2 is 1.88 bits per heavy atom. The van der Waals surface area contributed by atoms with Crippen LogP contribution in [0.15, 0.2) is 22.7 Å². The first-order chi connectivity index (χ1) is 7.59. The number of hydrogen-bond acceptors (Lipinski definition) is 2. The monoisotopic (exact) mass is 299 g/mol. The summed E-state index contributed by atoms with van der Waals surface area (Å²) in [4.78, 5) is 24.9. The van der Waals surface area contributed by atoms with Gasteiger partial charge < -0.3 is 0 Å². The highest BCUT2D eigenvalue weighted by Gasteiger charge is 2.59. The molecule has 0 N–H and O–H groups in total. The number of rotatable bonds is 1. The van der Waals surface area contributed by atoms with Crippen molar-refractivity contribution in [3.63, 3.8) is 0 Å². The molecule has 3 nitrogen and oxygen atoms in total. The Kier molecular flexibility index (Phi) is 2.13. The van der Waals surface area contributed by atoms with Crippen molar-refractivity contribution in [1.82, 2.24) is 0 Å². The van der Waals surface area contributed by atoms with E-state index in [0.29, 0.717) is 15.2 Å². The normalized spacial score (nSPS) is 27.2. The lowest BCUT2D eigenvalue weighted by molar-refractivity contribution is -0.123. The van der Waals surface area contributed by atoms with Gasteiger partial charge in [-0.05, 0) is 40.5 Å². The van der Waals surface area contributed by atoms with E-state index in [-0.39, 0.29) is 23.7 Å². The molecule has 1 aliphatic heterocycles. The molecule has 0 bridgehead atoms. The highest BCUT2D eigenvalue weighted by molar-refractivity contribution is 9.10. The minimum absolute atomic E-state index is 0.0676. The van der Waals surface area contributed by atoms with Crippen molar-refractivity contribution in [2.45, 2.75) is 6.42 Å². The second-order valence-corrected chi connectivity index (χ2v) is 5.32. The number of benzene rings is 1. The van der Waals surface area contributed by atoms with E-state index >= 15 is 0 Å². The van der Waals surface area contributed by atoms with Gasteiger partial charge in [0.05, 0.1) is 22.5 Å². The molecule has 1 aromatic rings. The number of nitrogens with zero attached hydrogens (tertiary/aromatic N) is 1. The number of imide groups is 1. The van der Waals surface area contributed by atoms with Crippen LogP contribution in [0, 0.1) is 11.8 Å². The first-order valence-electron chi connectivity index (χ1n) is 4.92. The first-order valence-corrected chi connectivity index (χ1v) is 6.09. The van der Waals surface area contributed by atoms with Crippen molar-refractivity contribution >= 4 is 45.0 Å². The van der Waals surface area contributed by atoms with Crippen LogP contribution in [0.25, 0.3) is 0 Å². The third-order valence-electron chi connectivity index (χ3n) is 3.03. The van der Waals surface area contributed by atoms with E-state index in [9.17, 15) is 9.59 Å². The smallest absolute Gasteiger partial charge is 0.237 e. The lowest BCUT2D eigenvalue weighted by Crippen LogP contribution is -2.32. The largest absolute Gasteiger partial charge is 0.274 e. The minimum atomic E-state index is -0.0794. The number of anilines is 1. The second-order valence-electron chi connectivity index (χ2n) is 4.06. The van der Waals surface area contributed by atoms with Gasteiger partial charge in [0.2, 0.25) is 11.8 Å². The van der Waals surface area contributed by atoms with E-state index in [1.165, 1.54) is 4.90 Å². The fourth-order valence-corrected chi connectivity index (χ4v) is 2.54. The topological polar surface area (TPSA) is 37.4 Å². The third-order valence-corrected chi connectivity index (χ3v) is 4.24. The van der Waals surface area contributed by atoms with E-state index in [0.717, 1.165) is 6.42 Å². The van der Waals surface area contributed by atoms with Crippen molar-refractivity contribution in [1.29, 1.82) is 0 Å². The molecule has 16 heavy (non-hydrogen) atoms. The molecule has 1 aromatic carbocycles. The van der Waals surface area contributed by atoms with Gasteiger partial charge >= 0.3 is 0 Å². The number of piperidine rings is 1. The molecule has 2 aliphatic rings. The fraction of sp³-hybridized carbons (Fsp3) is 0.273. The predicted molar refractivity (Wildman–Crippen MR) is 63.2 cm³/mol. The standard InChI is InChI=1S/C11H7BrClNO2/c12-8-3-5(1-2-9(8)13)14-10(15)6-4-7(6)11(14)16/h1-3,6-7H,4H2. The van der Waals surface area contributed by atoms with Crippen LogP contribution in [0.3, 0.4) is 0 Å². The predicted octanol–water partition coefficient (Wildman–Crippen LogP) is 2.61. The van der Waals surface area contributed by atoms with Gasteiger partial charge in [-0.3, -0.25) is 14.5 Å². The molecule has 3 rings (SSSR count). The molecule has 2 amide bonds. The van der Waals surface area contributed by atoms with Gasteiger partial charge in [-0.25, -0.2) is 0 Å². The summed E-state index contributed by atoms with van der Waals surface area (Å²) < 4.78 is 0.688. The summed E-state index contributed by atoms with van der Waals surface area (Å²) in [5.74, 6) is -0.294. The van der Waals surface area contributed by atoms with Crippen molar-refractivity contribution in [2.24, 2.45) is 11.8 Å². The average molecular weight is 301 g/mol. The first kappa shape index (κ1) is 10.3. The summed E-state index contributed by atoms with van der Waals surface area (Å²) in [6, 6.07) is 5.06. The minimum Gasteiger partial charge on any atom is -0.274 e. The van der Waals surface area contributed by atoms with Crippen LogP contribution in [-0.4, -0.2) is 11.8 Å². The molecule has 0 radical (unpaired) electrons. The van der Waals surface area contributed by atoms with Gasteiger partial charge in [-0.15, -0.1) is 0 Å². The van der Waals surface area contributed by atoms with Crippen LogP contribution in [0.1, 0.15) is 6.42 Å². The Balaban J connectivity index is 2.01. The van der Waals surface area contributed by atoms with Crippen molar-refractivity contribution < 1.29 is 9.59 Å². The number of halogens is 2. The Labute approximate surface area is 105 Å². The van der Waals surface area contributed by atoms with E-state index in [1.807, 2.05) is 0 Å². The maximum Gasteiger partial charge on any atom is 0.237 e. The van der Waals surface area contributed by atoms with Crippen molar-refractivity contribution in [3.05, 3.63) is 27.7 Å². The van der Waals surface area contributed by atoms with Crippen LogP contribution in [0.5, 0.6) is 0 Å². The lowest BCUT2D eigenvalue weighted by atomic mass is 10.2. The summed E-state index contributed by atoms with van der Waals surface area (Å²) in [7, 11) is 0. The summed E-state index contributed by atoms with van der Waals surface area (Å²) in [5.41, 5.74) is 0.596. The second kappa shape index (κ2) is 3.31. The van der Waals surface area contributed by atoms with Crippen LogP contribution in [-0.2, 0) is 9.59 Å². The Bertz CT molecular complexity index is 497. The van der Waals surface area contributed by atoms with E-state index in [4.69, 9.17) is 11.6 Å². The number of amides is 2. The SMILES string of the molecule is O=C1C2CC2C(=O)N1c1ccc(Cl)c(Br)c1. The molecule has 0 spiro atoms. The van der Waals surface area contributed by atoms with Gasteiger partial charge in [0.1, 0.15) is 0 Å². The average Bonchev–Trinajstić information content (AvgIpc) is 2.98. The Morgan fingerprint density at radius 3 is 2.44 bits per heavy atom. The number of hydrogen-bond donors (Lipinski definition) is 0. The summed E-state index contributed by atoms with van der Waals surface area (Å²) in [5, 5.41) is 0.563. The molecule has 1 aliphatic carbocycles. The number of carbonyl (C=O) groups is 2. The van der Waals surface area contributed by atoms with Gasteiger partial charge in [0.25, 0.3) is 0 Å². The van der Waals surface area contributed by atoms with Crippen LogP contribution in [0.2, 0.25) is 5.02 Å². The number of fused-ring (bicyclic) bond motifs is 1. The van der Waals surface area contributed by atoms with Gasteiger partial charge in [0, 0.05) is 4.47 Å². The zero-order chi connectivity index (χ0) is 11.4. The molecule has 2 fully saturated rings. The molecule has 1 saturated heterocycles. The molecule has 2 atom stereocenters. The van der Waals surface area contributed by atoms with Crippen LogP contribution < -0.4 is 4.90 Å². The van der Waals surface area contributed by atoms with Gasteiger partial charge in [0.15, 0.2) is 0 Å². The maximum atomic E-state index is 11.8. The molecular formula is C11H7BrClNO2. The Morgan fingerprint density at radius 1 is 1.25 bits per heavy atom. The van der Waals surface area contributed by atoms with Crippen LogP contribution in [0.4, 0.5) is 5.69 Å². The highest BCUT2D eigenvalue weighted by Crippen LogP contribution is 2.48. The third kappa shape index (κ3) is 1.33. The summed E-state index contributed by atoms with van der Waals surface area (Å²) in [6.45, 7) is 0. The lowest BCUT2D eigenvalue weighted by Gasteiger charge is -2.16. The van der Waals surface area contributed by atoms with Gasteiger partial charge in [-0.1, -0.05) is 11.6 Å². The highest BCUT2D eigenvalue weighted by atomic mass is 79.9. The molecule has 0 aromatic heterocycles. The molecule has 82 valence electrons. The fourth-order valence-electron chi connectivity index (χ4n) is 2.06. The van der Waals surface area contributed by atoms with E-state index < -0.39 is 0 Å². The maximum absolute atomic E-state index is 11.8. The van der Waals surface area contributed by atoms with Gasteiger partial charge in [-0.2, -0.15) is 0 Å². The molecular weight excluding hydrogens is 293 g/mol. The number of carbonyl (C=O) groups excluding carboxylic acids is 2. The van der Waals surface area contributed by atoms with E-state index in [1.54, 1.807) is 18.2 Å². The zero-order valence-corrected chi connectivity index (χ0v) is 10.5.